The molecule has 0 rings (SSSR count). The molecule has 0 aromatic rings. The summed E-state index contributed by atoms with van der Waals surface area (Å²) in [6.45, 7) is 12.2. The average Bonchev–Trinajstić information content (AvgIpc) is 2.40. The zero-order valence-corrected chi connectivity index (χ0v) is 14.3. The van der Waals surface area contributed by atoms with Crippen LogP contribution in [0.2, 0.25) is 0 Å². The molecule has 116 valence electrons. The second kappa shape index (κ2) is 20.1. The van der Waals surface area contributed by atoms with Gasteiger partial charge in [-0.25, -0.2) is 0 Å². The lowest BCUT2D eigenvalue weighted by Gasteiger charge is -2.15. The van der Waals surface area contributed by atoms with Gasteiger partial charge in [0.2, 0.25) is 0 Å². The van der Waals surface area contributed by atoms with E-state index in [1.54, 1.807) is 6.08 Å². The van der Waals surface area contributed by atoms with Gasteiger partial charge in [-0.05, 0) is 12.8 Å². The van der Waals surface area contributed by atoms with Gasteiger partial charge >= 0.3 is 0 Å². The van der Waals surface area contributed by atoms with Crippen LogP contribution < -0.4 is 0 Å². The lowest BCUT2D eigenvalue weighted by Crippen LogP contribution is -2.00. The van der Waals surface area contributed by atoms with Crippen molar-refractivity contribution in [2.75, 3.05) is 0 Å². The fourth-order valence-corrected chi connectivity index (χ4v) is 2.56. The van der Waals surface area contributed by atoms with Crippen LogP contribution >= 0.6 is 0 Å². The summed E-state index contributed by atoms with van der Waals surface area (Å²) in [5.41, 5.74) is 0. The van der Waals surface area contributed by atoms with E-state index < -0.39 is 0 Å². The Bertz CT molecular complexity index is 136. The van der Waals surface area contributed by atoms with Gasteiger partial charge in [-0.1, -0.05) is 104 Å². The molecule has 0 aliphatic carbocycles. The molecule has 0 nitrogen and oxygen atoms in total. The molecule has 0 heteroatoms. The molecule has 0 bridgehead atoms. The Hall–Kier alpha value is -0.260. The molecular weight excluding hydrogens is 228 g/mol. The number of allylic oxidation sites excluding steroid dienone is 1. The van der Waals surface area contributed by atoms with E-state index in [0.717, 1.165) is 5.92 Å². The minimum atomic E-state index is 1.04. The molecule has 0 radical (unpaired) electrons. The van der Waals surface area contributed by atoms with E-state index in [-0.39, 0.29) is 0 Å². The molecule has 0 aliphatic rings. The zero-order valence-electron chi connectivity index (χ0n) is 14.3. The summed E-state index contributed by atoms with van der Waals surface area (Å²) in [5.74, 6) is 1.04. The number of unbranched alkanes of at least 4 members (excludes halogenated alkanes) is 6. The molecule has 0 atom stereocenters. The maximum Gasteiger partial charge on any atom is -0.0414 e. The lowest BCUT2D eigenvalue weighted by molar-refractivity contribution is 0.379. The highest BCUT2D eigenvalue weighted by molar-refractivity contribution is 4.60. The standard InChI is InChI=1S/C16H34.C3H6/c1-4-7-9-11-14-16(13-6-3)15-12-10-8-5-2;1-3-2/h16H,4-15H2,1-3H3;3H,1H2,2H3. The summed E-state index contributed by atoms with van der Waals surface area (Å²) in [6, 6.07) is 0. The van der Waals surface area contributed by atoms with Gasteiger partial charge < -0.3 is 0 Å². The number of hydrogen-bond donors (Lipinski definition) is 0. The van der Waals surface area contributed by atoms with E-state index in [1.165, 1.54) is 77.0 Å². The van der Waals surface area contributed by atoms with Gasteiger partial charge in [0.1, 0.15) is 0 Å². The molecule has 0 aromatic heterocycles. The normalized spacial score (nSPS) is 10.2. The molecular formula is C19H40. The van der Waals surface area contributed by atoms with Crippen molar-refractivity contribution in [2.45, 2.75) is 105 Å². The fourth-order valence-electron chi connectivity index (χ4n) is 2.56. The average molecular weight is 269 g/mol. The molecule has 0 fully saturated rings. The van der Waals surface area contributed by atoms with E-state index in [4.69, 9.17) is 0 Å². The first-order valence-corrected chi connectivity index (χ1v) is 8.83. The Morgan fingerprint density at radius 3 is 1.42 bits per heavy atom. The molecule has 0 N–H and O–H groups in total. The van der Waals surface area contributed by atoms with Crippen molar-refractivity contribution in [3.05, 3.63) is 12.7 Å². The Labute approximate surface area is 124 Å². The van der Waals surface area contributed by atoms with Gasteiger partial charge in [-0.2, -0.15) is 0 Å². The van der Waals surface area contributed by atoms with Crippen molar-refractivity contribution in [3.8, 4) is 0 Å². The van der Waals surface area contributed by atoms with Crippen molar-refractivity contribution in [2.24, 2.45) is 5.92 Å². The Kier molecular flexibility index (Phi) is 22.2. The molecule has 0 heterocycles. The van der Waals surface area contributed by atoms with Crippen molar-refractivity contribution in [1.29, 1.82) is 0 Å². The van der Waals surface area contributed by atoms with Gasteiger partial charge in [0.25, 0.3) is 0 Å². The van der Waals surface area contributed by atoms with Crippen LogP contribution in [0.4, 0.5) is 0 Å². The number of rotatable bonds is 12. The van der Waals surface area contributed by atoms with Gasteiger partial charge in [0.05, 0.1) is 0 Å². The van der Waals surface area contributed by atoms with Crippen LogP contribution in [-0.4, -0.2) is 0 Å². The third kappa shape index (κ3) is 20.2. The second-order valence-corrected chi connectivity index (χ2v) is 5.76. The highest BCUT2D eigenvalue weighted by Gasteiger charge is 2.06. The first kappa shape index (κ1) is 21.0. The van der Waals surface area contributed by atoms with Gasteiger partial charge in [0.15, 0.2) is 0 Å². The predicted molar refractivity (Wildman–Crippen MR) is 91.8 cm³/mol. The molecule has 0 aromatic carbocycles. The third-order valence-electron chi connectivity index (χ3n) is 3.63. The molecule has 0 spiro atoms. The van der Waals surface area contributed by atoms with E-state index >= 15 is 0 Å². The number of hydrogen-bond acceptors (Lipinski definition) is 0. The Balaban J connectivity index is 0. The quantitative estimate of drug-likeness (QED) is 0.253. The topological polar surface area (TPSA) is 0 Å². The van der Waals surface area contributed by atoms with Crippen LogP contribution in [0.3, 0.4) is 0 Å². The van der Waals surface area contributed by atoms with Crippen LogP contribution in [0.15, 0.2) is 12.7 Å². The van der Waals surface area contributed by atoms with Crippen molar-refractivity contribution in [3.63, 3.8) is 0 Å². The fraction of sp³-hybridized carbons (Fsp3) is 0.895. The molecule has 0 unspecified atom stereocenters. The summed E-state index contributed by atoms with van der Waals surface area (Å²) < 4.78 is 0. The molecule has 0 aliphatic heterocycles. The lowest BCUT2D eigenvalue weighted by atomic mass is 9.91. The monoisotopic (exact) mass is 268 g/mol. The third-order valence-corrected chi connectivity index (χ3v) is 3.63. The summed E-state index contributed by atoms with van der Waals surface area (Å²) in [7, 11) is 0. The van der Waals surface area contributed by atoms with Gasteiger partial charge in [-0.3, -0.25) is 0 Å². The maximum atomic E-state index is 3.36. The highest BCUT2D eigenvalue weighted by atomic mass is 14.1. The Morgan fingerprint density at radius 2 is 1.11 bits per heavy atom. The molecule has 0 saturated heterocycles. The first-order valence-electron chi connectivity index (χ1n) is 8.83. The van der Waals surface area contributed by atoms with Crippen LogP contribution in [0, 0.1) is 5.92 Å². The summed E-state index contributed by atoms with van der Waals surface area (Å²) >= 11 is 0. The van der Waals surface area contributed by atoms with Crippen LogP contribution in [0.5, 0.6) is 0 Å². The van der Waals surface area contributed by atoms with Crippen molar-refractivity contribution in [1.82, 2.24) is 0 Å². The van der Waals surface area contributed by atoms with E-state index in [0.29, 0.717) is 0 Å². The van der Waals surface area contributed by atoms with E-state index in [2.05, 4.69) is 27.4 Å². The van der Waals surface area contributed by atoms with Crippen LogP contribution in [0.1, 0.15) is 105 Å². The van der Waals surface area contributed by atoms with E-state index in [9.17, 15) is 0 Å². The minimum Gasteiger partial charge on any atom is -0.103 e. The summed E-state index contributed by atoms with van der Waals surface area (Å²) in [4.78, 5) is 0. The van der Waals surface area contributed by atoms with Gasteiger partial charge in [0, 0.05) is 0 Å². The molecule has 0 amide bonds. The van der Waals surface area contributed by atoms with Crippen LogP contribution in [0.25, 0.3) is 0 Å². The smallest absolute Gasteiger partial charge is 0.0414 e. The predicted octanol–water partition coefficient (Wildman–Crippen LogP) is 7.54. The van der Waals surface area contributed by atoms with Gasteiger partial charge in [-0.15, -0.1) is 6.58 Å². The SMILES string of the molecule is C=CC.CCCCCCC(CCC)CCCCCC. The highest BCUT2D eigenvalue weighted by Crippen LogP contribution is 2.22. The first-order chi connectivity index (χ1) is 9.26. The minimum absolute atomic E-state index is 1.04. The summed E-state index contributed by atoms with van der Waals surface area (Å²) in [6.07, 6.45) is 19.1. The molecule has 0 saturated carbocycles. The second-order valence-electron chi connectivity index (χ2n) is 5.76. The van der Waals surface area contributed by atoms with Crippen molar-refractivity contribution < 1.29 is 0 Å². The Morgan fingerprint density at radius 1 is 0.684 bits per heavy atom. The van der Waals surface area contributed by atoms with Crippen molar-refractivity contribution >= 4 is 0 Å². The zero-order chi connectivity index (χ0) is 14.8. The van der Waals surface area contributed by atoms with E-state index in [1.807, 2.05) is 6.92 Å². The van der Waals surface area contributed by atoms with Crippen LogP contribution in [-0.2, 0) is 0 Å². The summed E-state index contributed by atoms with van der Waals surface area (Å²) in [5, 5.41) is 0. The maximum absolute atomic E-state index is 3.36. The largest absolute Gasteiger partial charge is 0.103 e. The molecule has 19 heavy (non-hydrogen) atoms.